The van der Waals surface area contributed by atoms with Gasteiger partial charge >= 0.3 is 6.18 Å². The number of nitrogens with zero attached hydrogens (tertiary/aromatic N) is 2. The van der Waals surface area contributed by atoms with Crippen LogP contribution in [0.15, 0.2) is 48.7 Å². The van der Waals surface area contributed by atoms with Gasteiger partial charge in [0.25, 0.3) is 11.8 Å². The molecule has 0 bridgehead atoms. The number of carbonyl (C=O) groups excluding carboxylic acids is 2. The van der Waals surface area contributed by atoms with E-state index < -0.39 is 72.8 Å². The Morgan fingerprint density at radius 1 is 1.16 bits per heavy atom. The molecule has 0 unspecified atom stereocenters. The molecule has 2 heterocycles. The molecule has 4 rings (SSSR count). The van der Waals surface area contributed by atoms with Gasteiger partial charge in [-0.25, -0.2) is 9.37 Å². The normalized spacial score (nSPS) is 16.4. The van der Waals surface area contributed by atoms with E-state index in [-0.39, 0.29) is 22.2 Å². The first kappa shape index (κ1) is 17.9. The van der Waals surface area contributed by atoms with Crippen LogP contribution < -0.4 is 15.4 Å². The van der Waals surface area contributed by atoms with Crippen LogP contribution in [-0.4, -0.2) is 40.5 Å². The van der Waals surface area contributed by atoms with E-state index in [1.165, 1.54) is 31.2 Å². The minimum absolute atomic E-state index is 0.174. The molecule has 2 amide bonds. The van der Waals surface area contributed by atoms with Gasteiger partial charge in [-0.15, -0.1) is 0 Å². The predicted octanol–water partition coefficient (Wildman–Crippen LogP) is 5.03. The summed E-state index contributed by atoms with van der Waals surface area (Å²) in [4.78, 5) is 29.8. The lowest BCUT2D eigenvalue weighted by Gasteiger charge is -2.18. The summed E-state index contributed by atoms with van der Waals surface area (Å²) in [6.07, 6.45) is -3.62. The van der Waals surface area contributed by atoms with Crippen LogP contribution in [-0.2, 0) is 6.18 Å². The lowest BCUT2D eigenvalue weighted by molar-refractivity contribution is -0.137. The van der Waals surface area contributed by atoms with E-state index in [4.69, 9.17) is 15.7 Å². The number of pyridine rings is 1. The third-order valence-electron chi connectivity index (χ3n) is 5.62. The molecule has 0 aliphatic carbocycles. The number of hydrogen-bond donors (Lipinski definition) is 3. The highest BCUT2D eigenvalue weighted by Crippen LogP contribution is 2.32. The molecule has 4 aromatic rings. The number of rotatable bonds is 7. The van der Waals surface area contributed by atoms with Gasteiger partial charge in [0.05, 0.1) is 28.3 Å². The van der Waals surface area contributed by atoms with Gasteiger partial charge in [0.1, 0.15) is 11.4 Å². The molecule has 0 fully saturated rings. The minimum atomic E-state index is -4.78. The van der Waals surface area contributed by atoms with Gasteiger partial charge in [0, 0.05) is 36.1 Å². The molecule has 0 aliphatic heterocycles. The number of fused-ring (bicyclic) bond motifs is 1. The van der Waals surface area contributed by atoms with E-state index in [0.717, 1.165) is 6.20 Å². The van der Waals surface area contributed by atoms with Gasteiger partial charge in [-0.3, -0.25) is 14.7 Å². The number of carbonyl (C=O) groups is 2. The predicted molar refractivity (Wildman–Crippen MR) is 131 cm³/mol. The van der Waals surface area contributed by atoms with Crippen molar-refractivity contribution in [2.45, 2.75) is 26.0 Å². The Morgan fingerprint density at radius 3 is 2.71 bits per heavy atom. The van der Waals surface area contributed by atoms with Crippen molar-refractivity contribution in [2.24, 2.45) is 0 Å². The monoisotopic (exact) mass is 537 g/mol. The second-order valence-electron chi connectivity index (χ2n) is 8.02. The number of aromatic amines is 1. The molecule has 2 aromatic carbocycles. The zero-order chi connectivity index (χ0) is 34.4. The van der Waals surface area contributed by atoms with Gasteiger partial charge in [-0.2, -0.15) is 18.3 Å². The third-order valence-corrected chi connectivity index (χ3v) is 5.62. The number of amides is 2. The van der Waals surface area contributed by atoms with Crippen molar-refractivity contribution in [1.82, 2.24) is 25.8 Å². The zero-order valence-corrected chi connectivity index (χ0v) is 19.3. The average Bonchev–Trinajstić information content (AvgIpc) is 3.34. The largest absolute Gasteiger partial charge is 0.480 e. The fourth-order valence-electron chi connectivity index (χ4n) is 3.75. The Balaban J connectivity index is 1.68. The Morgan fingerprint density at radius 2 is 1.97 bits per heavy atom. The summed E-state index contributed by atoms with van der Waals surface area (Å²) < 4.78 is 118. The molecule has 0 radical (unpaired) electrons. The van der Waals surface area contributed by atoms with E-state index in [0.29, 0.717) is 23.8 Å². The maximum atomic E-state index is 14.5. The van der Waals surface area contributed by atoms with E-state index in [1.807, 2.05) is 0 Å². The van der Waals surface area contributed by atoms with Crippen molar-refractivity contribution in [3.63, 3.8) is 0 Å². The standard InChI is InChI=1S/C26H23F4N5O3/c1-4-31-24(37)22-17-7-5-14(10-21(17)34-35-22)15-9-19(25(38-3)32-12-15)23(36)33-13(2)18-11-16(26(28,29)30)6-8-20(18)27/h5-13H,4H2,1-3H3,(H,31,37)(H,33,36)(H,34,35)/t13-/m0/s1/i1D3,3D3,4D2. The van der Waals surface area contributed by atoms with Gasteiger partial charge in [-0.1, -0.05) is 6.07 Å². The number of halogens is 4. The van der Waals surface area contributed by atoms with Crippen LogP contribution in [0.5, 0.6) is 5.88 Å². The van der Waals surface area contributed by atoms with E-state index in [1.54, 1.807) is 5.32 Å². The molecule has 0 saturated carbocycles. The highest BCUT2D eigenvalue weighted by atomic mass is 19.4. The van der Waals surface area contributed by atoms with Gasteiger partial charge in [0.2, 0.25) is 5.88 Å². The molecule has 12 heteroatoms. The molecule has 0 spiro atoms. The number of methoxy groups -OCH3 is 1. The van der Waals surface area contributed by atoms with Crippen molar-refractivity contribution in [1.29, 1.82) is 0 Å². The second-order valence-corrected chi connectivity index (χ2v) is 8.02. The Kier molecular flexibility index (Phi) is 4.93. The number of nitrogens with one attached hydrogen (secondary N) is 3. The molecule has 8 nitrogen and oxygen atoms in total. The topological polar surface area (TPSA) is 109 Å². The minimum Gasteiger partial charge on any atom is -0.480 e. The molecule has 1 atom stereocenters. The molecular weight excluding hydrogens is 506 g/mol. The van der Waals surface area contributed by atoms with Crippen molar-refractivity contribution < 1.29 is 42.9 Å². The van der Waals surface area contributed by atoms with Crippen molar-refractivity contribution in [3.05, 3.63) is 76.9 Å². The fraction of sp³-hybridized carbons (Fsp3) is 0.231. The van der Waals surface area contributed by atoms with Crippen molar-refractivity contribution in [3.8, 4) is 17.0 Å². The van der Waals surface area contributed by atoms with Crippen molar-refractivity contribution in [2.75, 3.05) is 13.5 Å². The molecule has 0 aliphatic rings. The van der Waals surface area contributed by atoms with Crippen LogP contribution in [0.4, 0.5) is 17.6 Å². The van der Waals surface area contributed by atoms with Crippen LogP contribution in [0.2, 0.25) is 0 Å². The molecule has 0 saturated heterocycles. The number of hydrogen-bond acceptors (Lipinski definition) is 5. The van der Waals surface area contributed by atoms with Gasteiger partial charge in [-0.05, 0) is 55.7 Å². The smallest absolute Gasteiger partial charge is 0.416 e. The Bertz CT molecular complexity index is 1810. The summed E-state index contributed by atoms with van der Waals surface area (Å²) in [5, 5.41) is 10.7. The summed E-state index contributed by atoms with van der Waals surface area (Å²) >= 11 is 0. The first-order valence-electron chi connectivity index (χ1n) is 14.7. The van der Waals surface area contributed by atoms with Gasteiger partial charge < -0.3 is 15.4 Å². The van der Waals surface area contributed by atoms with Crippen LogP contribution in [0.3, 0.4) is 0 Å². The summed E-state index contributed by atoms with van der Waals surface area (Å²) in [5.74, 6) is -3.84. The maximum Gasteiger partial charge on any atom is 0.416 e. The SMILES string of the molecule is [2H]C([2H])([2H])Oc1ncc(-c2ccc3c(C(=O)NC([2H])([2H])C([2H])([2H])[2H])n[nH]c3c2)cc1C(=O)N[C@@H](C)c1cc(C(F)(F)F)ccc1F. The Hall–Kier alpha value is -4.48. The number of alkyl halides is 3. The summed E-state index contributed by atoms with van der Waals surface area (Å²) in [6.45, 7) is -4.99. The molecule has 2 aromatic heterocycles. The zero-order valence-electron chi connectivity index (χ0n) is 27.3. The lowest BCUT2D eigenvalue weighted by Crippen LogP contribution is -2.28. The first-order valence-corrected chi connectivity index (χ1v) is 10.7. The van der Waals surface area contributed by atoms with Crippen LogP contribution in [0.25, 0.3) is 22.0 Å². The molecule has 38 heavy (non-hydrogen) atoms. The van der Waals surface area contributed by atoms with E-state index >= 15 is 0 Å². The first-order chi connectivity index (χ1) is 21.1. The van der Waals surface area contributed by atoms with E-state index in [9.17, 15) is 27.2 Å². The molecule has 198 valence electrons. The summed E-state index contributed by atoms with van der Waals surface area (Å²) in [5.41, 5.74) is -1.65. The maximum absolute atomic E-state index is 14.5. The van der Waals surface area contributed by atoms with E-state index in [2.05, 4.69) is 20.5 Å². The quantitative estimate of drug-likeness (QED) is 0.287. The number of H-pyrrole nitrogens is 1. The van der Waals surface area contributed by atoms with Crippen LogP contribution in [0.1, 0.15) is 62.8 Å². The highest BCUT2D eigenvalue weighted by molar-refractivity contribution is 6.05. The highest BCUT2D eigenvalue weighted by Gasteiger charge is 2.32. The molecular formula is C26H23F4N5O3. The lowest BCUT2D eigenvalue weighted by atomic mass is 10.0. The summed E-state index contributed by atoms with van der Waals surface area (Å²) in [7, 11) is -3.05. The molecule has 3 N–H and O–H groups in total. The second kappa shape index (κ2) is 10.5. The van der Waals surface area contributed by atoms with Gasteiger partial charge in [0.15, 0.2) is 5.69 Å². The average molecular weight is 538 g/mol. The fourth-order valence-corrected chi connectivity index (χ4v) is 3.75. The number of aromatic nitrogens is 3. The number of ether oxygens (including phenoxy) is 1. The van der Waals surface area contributed by atoms with Crippen molar-refractivity contribution >= 4 is 22.7 Å². The van der Waals surface area contributed by atoms with Crippen LogP contribution >= 0.6 is 0 Å². The summed E-state index contributed by atoms with van der Waals surface area (Å²) in [6, 6.07) is 5.83. The number of benzene rings is 2. The Labute approximate surface area is 225 Å². The third kappa shape index (κ3) is 5.29. The van der Waals surface area contributed by atoms with Crippen LogP contribution in [0, 0.1) is 5.82 Å².